The average Bonchev–Trinajstić information content (AvgIpc) is 3.06. The maximum atomic E-state index is 12.3. The molecule has 1 aliphatic heterocycles. The number of amides is 1. The van der Waals surface area contributed by atoms with Crippen LogP contribution in [0.5, 0.6) is 5.75 Å². The predicted molar refractivity (Wildman–Crippen MR) is 115 cm³/mol. The van der Waals surface area contributed by atoms with E-state index in [4.69, 9.17) is 4.74 Å². The van der Waals surface area contributed by atoms with Gasteiger partial charge in [0.05, 0.1) is 13.2 Å². The Labute approximate surface area is 169 Å². The van der Waals surface area contributed by atoms with Gasteiger partial charge in [0, 0.05) is 30.1 Å². The van der Waals surface area contributed by atoms with Crippen molar-refractivity contribution < 1.29 is 9.53 Å². The van der Waals surface area contributed by atoms with E-state index < -0.39 is 0 Å². The van der Waals surface area contributed by atoms with Crippen molar-refractivity contribution in [3.05, 3.63) is 29.5 Å². The smallest absolute Gasteiger partial charge is 0.220 e. The van der Waals surface area contributed by atoms with Gasteiger partial charge in [0.25, 0.3) is 0 Å². The highest BCUT2D eigenvalue weighted by Gasteiger charge is 2.31. The fourth-order valence-electron chi connectivity index (χ4n) is 4.63. The fraction of sp³-hybridized carbons (Fsp3) is 0.609. The number of rotatable bonds is 9. The van der Waals surface area contributed by atoms with E-state index in [9.17, 15) is 4.79 Å². The van der Waals surface area contributed by atoms with Gasteiger partial charge >= 0.3 is 0 Å². The number of fused-ring (bicyclic) bond motifs is 3. The van der Waals surface area contributed by atoms with E-state index >= 15 is 0 Å². The molecule has 1 aromatic heterocycles. The molecule has 5 nitrogen and oxygen atoms in total. The molecule has 0 saturated carbocycles. The number of nitrogens with zero attached hydrogens (tertiary/aromatic N) is 2. The van der Waals surface area contributed by atoms with Crippen LogP contribution in [-0.4, -0.2) is 54.0 Å². The van der Waals surface area contributed by atoms with Crippen LogP contribution >= 0.6 is 0 Å². The first-order valence-corrected chi connectivity index (χ1v) is 10.8. The number of aromatic amines is 1. The highest BCUT2D eigenvalue weighted by Crippen LogP contribution is 2.38. The topological polar surface area (TPSA) is 48.6 Å². The average molecular weight is 386 g/mol. The Kier molecular flexibility index (Phi) is 7.00. The van der Waals surface area contributed by atoms with Crippen LogP contribution in [0.25, 0.3) is 10.9 Å². The molecule has 0 saturated heterocycles. The second kappa shape index (κ2) is 9.46. The zero-order valence-electron chi connectivity index (χ0n) is 17.9. The van der Waals surface area contributed by atoms with Crippen LogP contribution in [0.1, 0.15) is 63.8 Å². The minimum Gasteiger partial charge on any atom is -0.497 e. The molecule has 2 aromatic rings. The second-order valence-corrected chi connectivity index (χ2v) is 7.89. The lowest BCUT2D eigenvalue weighted by molar-refractivity contribution is -0.132. The number of methoxy groups -OCH3 is 1. The summed E-state index contributed by atoms with van der Waals surface area (Å²) in [6.07, 6.45) is 5.39. The zero-order valence-corrected chi connectivity index (χ0v) is 17.9. The van der Waals surface area contributed by atoms with Crippen LogP contribution in [0.15, 0.2) is 18.2 Å². The molecular formula is C23H35N3O2. The molecule has 0 radical (unpaired) electrons. The number of nitrogens with one attached hydrogen (secondary N) is 1. The van der Waals surface area contributed by atoms with Crippen LogP contribution in [0.4, 0.5) is 0 Å². The van der Waals surface area contributed by atoms with Crippen molar-refractivity contribution in [3.63, 3.8) is 0 Å². The Morgan fingerprint density at radius 3 is 2.64 bits per heavy atom. The third-order valence-corrected chi connectivity index (χ3v) is 5.89. The lowest BCUT2D eigenvalue weighted by Gasteiger charge is -2.35. The standard InChI is InChI=1S/C23H35N3O2/c1-5-12-25(13-6-2)14-7-8-22-23-19(11-15-26(22)17(3)27)20-16-18(28-4)9-10-21(20)24-23/h9-10,16,22,24H,5-8,11-15H2,1-4H3. The normalized spacial score (nSPS) is 16.6. The summed E-state index contributed by atoms with van der Waals surface area (Å²) in [5, 5.41) is 1.24. The Balaban J connectivity index is 1.82. The number of H-pyrrole nitrogens is 1. The van der Waals surface area contributed by atoms with Crippen LogP contribution < -0.4 is 4.74 Å². The van der Waals surface area contributed by atoms with Crippen molar-refractivity contribution in [2.45, 2.75) is 58.9 Å². The molecule has 1 aromatic carbocycles. The summed E-state index contributed by atoms with van der Waals surface area (Å²) in [4.78, 5) is 20.6. The van der Waals surface area contributed by atoms with E-state index in [1.54, 1.807) is 14.0 Å². The molecule has 1 N–H and O–H groups in total. The van der Waals surface area contributed by atoms with E-state index in [0.717, 1.165) is 56.7 Å². The number of ether oxygens (including phenoxy) is 1. The monoisotopic (exact) mass is 385 g/mol. The third-order valence-electron chi connectivity index (χ3n) is 5.89. The number of benzene rings is 1. The first-order chi connectivity index (χ1) is 13.6. The number of carbonyl (C=O) groups excluding carboxylic acids is 1. The molecule has 0 fully saturated rings. The highest BCUT2D eigenvalue weighted by molar-refractivity contribution is 5.87. The summed E-state index contributed by atoms with van der Waals surface area (Å²) >= 11 is 0. The molecule has 1 unspecified atom stereocenters. The Morgan fingerprint density at radius 1 is 1.25 bits per heavy atom. The third kappa shape index (κ3) is 4.35. The molecular weight excluding hydrogens is 350 g/mol. The number of hydrogen-bond donors (Lipinski definition) is 1. The molecule has 3 rings (SSSR count). The number of carbonyl (C=O) groups is 1. The Morgan fingerprint density at radius 2 is 2.00 bits per heavy atom. The molecule has 154 valence electrons. The summed E-state index contributed by atoms with van der Waals surface area (Å²) < 4.78 is 5.42. The van der Waals surface area contributed by atoms with Crippen LogP contribution in [0, 0.1) is 0 Å². The van der Waals surface area contributed by atoms with E-state index in [2.05, 4.69) is 40.8 Å². The second-order valence-electron chi connectivity index (χ2n) is 7.89. The molecule has 28 heavy (non-hydrogen) atoms. The fourth-order valence-corrected chi connectivity index (χ4v) is 4.63. The molecule has 1 atom stereocenters. The van der Waals surface area contributed by atoms with Crippen LogP contribution in [-0.2, 0) is 11.2 Å². The number of aromatic nitrogens is 1. The maximum absolute atomic E-state index is 12.3. The van der Waals surface area contributed by atoms with Gasteiger partial charge in [-0.2, -0.15) is 0 Å². The van der Waals surface area contributed by atoms with E-state index in [1.165, 1.54) is 29.5 Å². The zero-order chi connectivity index (χ0) is 20.1. The van der Waals surface area contributed by atoms with Gasteiger partial charge in [0.2, 0.25) is 5.91 Å². The number of hydrogen-bond acceptors (Lipinski definition) is 3. The predicted octanol–water partition coefficient (Wildman–Crippen LogP) is 4.52. The van der Waals surface area contributed by atoms with Gasteiger partial charge in [-0.15, -0.1) is 0 Å². The molecule has 0 spiro atoms. The molecule has 0 bridgehead atoms. The Bertz CT molecular complexity index is 792. The maximum Gasteiger partial charge on any atom is 0.220 e. The molecule has 2 heterocycles. The van der Waals surface area contributed by atoms with Gasteiger partial charge in [-0.3, -0.25) is 4.79 Å². The summed E-state index contributed by atoms with van der Waals surface area (Å²) in [5.41, 5.74) is 3.72. The molecule has 1 aliphatic rings. The first-order valence-electron chi connectivity index (χ1n) is 10.8. The molecule has 1 amide bonds. The van der Waals surface area contributed by atoms with Crippen molar-refractivity contribution in [2.24, 2.45) is 0 Å². The van der Waals surface area contributed by atoms with Gasteiger partial charge in [-0.05, 0) is 75.5 Å². The summed E-state index contributed by atoms with van der Waals surface area (Å²) in [5.74, 6) is 1.06. The lowest BCUT2D eigenvalue weighted by atomic mass is 9.94. The van der Waals surface area contributed by atoms with E-state index in [-0.39, 0.29) is 11.9 Å². The Hall–Kier alpha value is -2.01. The van der Waals surface area contributed by atoms with Gasteiger partial charge in [-0.25, -0.2) is 0 Å². The van der Waals surface area contributed by atoms with Crippen molar-refractivity contribution >= 4 is 16.8 Å². The van der Waals surface area contributed by atoms with E-state index in [0.29, 0.717) is 0 Å². The van der Waals surface area contributed by atoms with Crippen molar-refractivity contribution in [1.82, 2.24) is 14.8 Å². The highest BCUT2D eigenvalue weighted by atomic mass is 16.5. The minimum absolute atomic E-state index is 0.143. The van der Waals surface area contributed by atoms with Gasteiger partial charge in [-0.1, -0.05) is 13.8 Å². The van der Waals surface area contributed by atoms with Gasteiger partial charge < -0.3 is 19.5 Å². The molecule has 5 heteroatoms. The van der Waals surface area contributed by atoms with Crippen molar-refractivity contribution in [3.8, 4) is 5.75 Å². The SMILES string of the molecule is CCCN(CCC)CCCC1c2[nH]c3ccc(OC)cc3c2CCN1C(C)=O. The summed E-state index contributed by atoms with van der Waals surface area (Å²) in [6, 6.07) is 6.35. The summed E-state index contributed by atoms with van der Waals surface area (Å²) in [7, 11) is 1.71. The summed E-state index contributed by atoms with van der Waals surface area (Å²) in [6.45, 7) is 10.4. The largest absolute Gasteiger partial charge is 0.497 e. The minimum atomic E-state index is 0.143. The van der Waals surface area contributed by atoms with Crippen molar-refractivity contribution in [1.29, 1.82) is 0 Å². The van der Waals surface area contributed by atoms with E-state index in [1.807, 2.05) is 6.07 Å². The van der Waals surface area contributed by atoms with Gasteiger partial charge in [0.1, 0.15) is 5.75 Å². The van der Waals surface area contributed by atoms with Crippen LogP contribution in [0.2, 0.25) is 0 Å². The quantitative estimate of drug-likeness (QED) is 0.690. The first kappa shape index (κ1) is 20.7. The lowest BCUT2D eigenvalue weighted by Crippen LogP contribution is -2.39. The molecule has 0 aliphatic carbocycles. The van der Waals surface area contributed by atoms with Crippen molar-refractivity contribution in [2.75, 3.05) is 33.3 Å². The van der Waals surface area contributed by atoms with Crippen LogP contribution in [0.3, 0.4) is 0 Å². The van der Waals surface area contributed by atoms with Gasteiger partial charge in [0.15, 0.2) is 0 Å².